The Morgan fingerprint density at radius 2 is 2.04 bits per heavy atom. The summed E-state index contributed by atoms with van der Waals surface area (Å²) in [4.78, 5) is 24.1. The number of aliphatic carboxylic acids is 1. The number of carboxylic acids is 1. The average Bonchev–Trinajstić information content (AvgIpc) is 2.99. The first-order valence-corrected chi connectivity index (χ1v) is 8.07. The van der Waals surface area contributed by atoms with Gasteiger partial charge in [-0.25, -0.2) is 0 Å². The number of ether oxygens (including phenoxy) is 2. The Labute approximate surface area is 138 Å². The molecule has 0 spiro atoms. The van der Waals surface area contributed by atoms with E-state index in [4.69, 9.17) is 21.0 Å². The van der Waals surface area contributed by atoms with E-state index in [-0.39, 0.29) is 18.6 Å². The van der Waals surface area contributed by atoms with Crippen LogP contribution in [-0.2, 0) is 9.59 Å². The zero-order valence-electron chi connectivity index (χ0n) is 12.4. The van der Waals surface area contributed by atoms with E-state index in [1.807, 2.05) is 12.1 Å². The van der Waals surface area contributed by atoms with E-state index in [0.29, 0.717) is 18.0 Å². The SMILES string of the molecule is C#CCOc1ccccc1OC[C@H]1SCCN1C(=O)CC(=O)O. The molecule has 0 bridgehead atoms. The number of benzene rings is 1. The molecule has 1 amide bonds. The van der Waals surface area contributed by atoms with Crippen LogP contribution in [0.1, 0.15) is 6.42 Å². The van der Waals surface area contributed by atoms with Gasteiger partial charge < -0.3 is 19.5 Å². The summed E-state index contributed by atoms with van der Waals surface area (Å²) < 4.78 is 11.2. The molecule has 0 aromatic heterocycles. The fraction of sp³-hybridized carbons (Fsp3) is 0.375. The summed E-state index contributed by atoms with van der Waals surface area (Å²) >= 11 is 1.56. The van der Waals surface area contributed by atoms with E-state index in [0.717, 1.165) is 5.75 Å². The lowest BCUT2D eigenvalue weighted by molar-refractivity contribution is -0.144. The molecule has 0 unspecified atom stereocenters. The quantitative estimate of drug-likeness (QED) is 0.600. The largest absolute Gasteiger partial charge is 0.487 e. The van der Waals surface area contributed by atoms with Crippen molar-refractivity contribution in [3.63, 3.8) is 0 Å². The number of rotatable bonds is 7. The molecule has 1 aliphatic heterocycles. The molecule has 23 heavy (non-hydrogen) atoms. The van der Waals surface area contributed by atoms with Crippen molar-refractivity contribution < 1.29 is 24.2 Å². The highest BCUT2D eigenvalue weighted by atomic mass is 32.2. The molecule has 1 aliphatic rings. The second kappa shape index (κ2) is 8.34. The van der Waals surface area contributed by atoms with Crippen LogP contribution >= 0.6 is 11.8 Å². The van der Waals surface area contributed by atoms with Crippen molar-refractivity contribution in [3.8, 4) is 23.8 Å². The van der Waals surface area contributed by atoms with Crippen LogP contribution in [0.25, 0.3) is 0 Å². The van der Waals surface area contributed by atoms with Crippen molar-refractivity contribution in [2.45, 2.75) is 11.8 Å². The Hall–Kier alpha value is -2.33. The van der Waals surface area contributed by atoms with Gasteiger partial charge >= 0.3 is 5.97 Å². The highest BCUT2D eigenvalue weighted by molar-refractivity contribution is 8.00. The predicted molar refractivity (Wildman–Crippen MR) is 86.5 cm³/mol. The van der Waals surface area contributed by atoms with Gasteiger partial charge in [0.2, 0.25) is 5.91 Å². The van der Waals surface area contributed by atoms with E-state index < -0.39 is 18.3 Å². The first-order valence-electron chi connectivity index (χ1n) is 7.02. The van der Waals surface area contributed by atoms with Gasteiger partial charge in [0, 0.05) is 12.3 Å². The highest BCUT2D eigenvalue weighted by Gasteiger charge is 2.31. The first-order chi connectivity index (χ1) is 11.1. The number of terminal acetylenes is 1. The lowest BCUT2D eigenvalue weighted by Crippen LogP contribution is -2.39. The zero-order valence-corrected chi connectivity index (χ0v) is 13.3. The van der Waals surface area contributed by atoms with Crippen LogP contribution in [0.4, 0.5) is 0 Å². The van der Waals surface area contributed by atoms with Gasteiger partial charge in [-0.2, -0.15) is 0 Å². The summed E-state index contributed by atoms with van der Waals surface area (Å²) in [6.07, 6.45) is 4.68. The van der Waals surface area contributed by atoms with E-state index in [1.165, 1.54) is 0 Å². The molecule has 0 radical (unpaired) electrons. The van der Waals surface area contributed by atoms with Gasteiger partial charge in [0.05, 0.1) is 0 Å². The van der Waals surface area contributed by atoms with Crippen molar-refractivity contribution in [2.24, 2.45) is 0 Å². The summed E-state index contributed by atoms with van der Waals surface area (Å²) in [6, 6.07) is 7.13. The number of para-hydroxylation sites is 2. The molecule has 1 aromatic rings. The van der Waals surface area contributed by atoms with Gasteiger partial charge in [0.25, 0.3) is 0 Å². The molecule has 6 nitrogen and oxygen atoms in total. The maximum Gasteiger partial charge on any atom is 0.312 e. The molecule has 1 N–H and O–H groups in total. The third-order valence-corrected chi connectivity index (χ3v) is 4.35. The van der Waals surface area contributed by atoms with Crippen LogP contribution < -0.4 is 9.47 Å². The molecule has 122 valence electrons. The first kappa shape index (κ1) is 17.0. The van der Waals surface area contributed by atoms with Gasteiger partial charge in [0.15, 0.2) is 11.5 Å². The minimum absolute atomic E-state index is 0.141. The molecule has 7 heteroatoms. The van der Waals surface area contributed by atoms with Crippen molar-refractivity contribution in [1.29, 1.82) is 0 Å². The summed E-state index contributed by atoms with van der Waals surface area (Å²) in [5, 5.41) is 8.53. The van der Waals surface area contributed by atoms with E-state index in [2.05, 4.69) is 5.92 Å². The smallest absolute Gasteiger partial charge is 0.312 e. The lowest BCUT2D eigenvalue weighted by atomic mass is 10.3. The van der Waals surface area contributed by atoms with Crippen LogP contribution in [0.3, 0.4) is 0 Å². The molecule has 1 saturated heterocycles. The second-order valence-corrected chi connectivity index (χ2v) is 6.02. The number of hydrogen-bond acceptors (Lipinski definition) is 5. The summed E-state index contributed by atoms with van der Waals surface area (Å²) in [6.45, 7) is 0.925. The topological polar surface area (TPSA) is 76.1 Å². The van der Waals surface area contributed by atoms with Gasteiger partial charge in [-0.05, 0) is 12.1 Å². The fourth-order valence-electron chi connectivity index (χ4n) is 2.14. The number of hydrogen-bond donors (Lipinski definition) is 1. The van der Waals surface area contributed by atoms with Gasteiger partial charge in [-0.15, -0.1) is 18.2 Å². The van der Waals surface area contributed by atoms with Gasteiger partial charge in [-0.1, -0.05) is 18.1 Å². The summed E-state index contributed by atoms with van der Waals surface area (Å²) in [5.41, 5.74) is 0. The number of carbonyl (C=O) groups excluding carboxylic acids is 1. The maximum absolute atomic E-state index is 11.9. The second-order valence-electron chi connectivity index (χ2n) is 4.73. The third-order valence-electron chi connectivity index (χ3n) is 3.15. The molecule has 2 rings (SSSR count). The minimum atomic E-state index is -1.13. The standard InChI is InChI=1S/C16H17NO5S/c1-2-8-21-12-5-3-4-6-13(12)22-11-15-17(7-9-23-15)14(18)10-16(19)20/h1,3-6,15H,7-11H2,(H,19,20)/t15-/m1/s1. The van der Waals surface area contributed by atoms with Crippen LogP contribution in [0.2, 0.25) is 0 Å². The minimum Gasteiger partial charge on any atom is -0.487 e. The molecular weight excluding hydrogens is 318 g/mol. The summed E-state index contributed by atoms with van der Waals surface area (Å²) in [7, 11) is 0. The lowest BCUT2D eigenvalue weighted by Gasteiger charge is -2.23. The van der Waals surface area contributed by atoms with Crippen molar-refractivity contribution in [1.82, 2.24) is 4.90 Å². The van der Waals surface area contributed by atoms with Crippen LogP contribution in [0, 0.1) is 12.3 Å². The van der Waals surface area contributed by atoms with Crippen LogP contribution in [0.5, 0.6) is 11.5 Å². The van der Waals surface area contributed by atoms with Gasteiger partial charge in [0.1, 0.15) is 25.0 Å². The zero-order chi connectivity index (χ0) is 16.7. The number of nitrogens with zero attached hydrogens (tertiary/aromatic N) is 1. The third kappa shape index (κ3) is 4.83. The average molecular weight is 335 g/mol. The van der Waals surface area contributed by atoms with E-state index in [9.17, 15) is 9.59 Å². The van der Waals surface area contributed by atoms with E-state index in [1.54, 1.807) is 28.8 Å². The van der Waals surface area contributed by atoms with Crippen molar-refractivity contribution >= 4 is 23.6 Å². The predicted octanol–water partition coefficient (Wildman–Crippen LogP) is 1.45. The van der Waals surface area contributed by atoms with Gasteiger partial charge in [-0.3, -0.25) is 9.59 Å². The van der Waals surface area contributed by atoms with E-state index >= 15 is 0 Å². The number of carbonyl (C=O) groups is 2. The molecule has 1 heterocycles. The maximum atomic E-state index is 11.9. The van der Waals surface area contributed by atoms with Crippen molar-refractivity contribution in [3.05, 3.63) is 24.3 Å². The number of amides is 1. The highest BCUT2D eigenvalue weighted by Crippen LogP contribution is 2.29. The Balaban J connectivity index is 1.96. The monoisotopic (exact) mass is 335 g/mol. The van der Waals surface area contributed by atoms with Crippen molar-refractivity contribution in [2.75, 3.05) is 25.5 Å². The molecular formula is C16H17NO5S. The Bertz CT molecular complexity index is 613. The Kier molecular flexibility index (Phi) is 6.18. The summed E-state index contributed by atoms with van der Waals surface area (Å²) in [5.74, 6) is 2.71. The van der Waals surface area contributed by atoms with Crippen LogP contribution in [0.15, 0.2) is 24.3 Å². The Morgan fingerprint density at radius 3 is 2.70 bits per heavy atom. The number of carboxylic acid groups (broad SMARTS) is 1. The molecule has 0 aliphatic carbocycles. The normalized spacial score (nSPS) is 16.7. The molecule has 1 aromatic carbocycles. The molecule has 1 atom stereocenters. The molecule has 0 saturated carbocycles. The number of thioether (sulfide) groups is 1. The van der Waals surface area contributed by atoms with Crippen LogP contribution in [-0.4, -0.2) is 52.8 Å². The fourth-order valence-corrected chi connectivity index (χ4v) is 3.29. The Morgan fingerprint density at radius 1 is 1.35 bits per heavy atom. The molecule has 1 fully saturated rings.